The maximum atomic E-state index is 12.7. The van der Waals surface area contributed by atoms with Gasteiger partial charge in [0.25, 0.3) is 5.91 Å². The van der Waals surface area contributed by atoms with Crippen LogP contribution in [0.5, 0.6) is 5.75 Å². The molecule has 0 bridgehead atoms. The van der Waals surface area contributed by atoms with Crippen molar-refractivity contribution in [3.05, 3.63) is 58.6 Å². The summed E-state index contributed by atoms with van der Waals surface area (Å²) in [4.78, 5) is 14.2. The zero-order chi connectivity index (χ0) is 19.5. The van der Waals surface area contributed by atoms with Crippen LogP contribution in [0.3, 0.4) is 0 Å². The van der Waals surface area contributed by atoms with Crippen molar-refractivity contribution in [2.75, 3.05) is 31.8 Å². The van der Waals surface area contributed by atoms with Gasteiger partial charge in [-0.15, -0.1) is 0 Å². The topological polar surface area (TPSA) is 66.9 Å². The maximum absolute atomic E-state index is 12.7. The van der Waals surface area contributed by atoms with Crippen molar-refractivity contribution in [3.63, 3.8) is 0 Å². The van der Waals surface area contributed by atoms with Gasteiger partial charge in [0.05, 0.1) is 24.1 Å². The Morgan fingerprint density at radius 2 is 1.73 bits per heavy atom. The fourth-order valence-corrected chi connectivity index (χ4v) is 3.17. The quantitative estimate of drug-likeness (QED) is 0.752. The van der Waals surface area contributed by atoms with E-state index in [4.69, 9.17) is 16.3 Å². The van der Waals surface area contributed by atoms with E-state index in [9.17, 15) is 13.2 Å². The number of hydrogen-bond donors (Lipinski definition) is 0. The summed E-state index contributed by atoms with van der Waals surface area (Å²) < 4.78 is 29.7. The summed E-state index contributed by atoms with van der Waals surface area (Å²) in [6, 6.07) is 12.0. The summed E-state index contributed by atoms with van der Waals surface area (Å²) in [6.07, 6.45) is 1.08. The van der Waals surface area contributed by atoms with Gasteiger partial charge < -0.3 is 9.64 Å². The van der Waals surface area contributed by atoms with Gasteiger partial charge in [-0.25, -0.2) is 8.42 Å². The Bertz CT molecular complexity index is 898. The van der Waals surface area contributed by atoms with Gasteiger partial charge >= 0.3 is 0 Å². The van der Waals surface area contributed by atoms with Crippen LogP contribution in [-0.2, 0) is 16.6 Å². The number of ether oxygens (including phenoxy) is 1. The molecule has 0 aliphatic carbocycles. The highest BCUT2D eigenvalue weighted by atomic mass is 35.5. The van der Waals surface area contributed by atoms with Crippen molar-refractivity contribution in [1.29, 1.82) is 0 Å². The lowest BCUT2D eigenvalue weighted by Gasteiger charge is -2.21. The first kappa shape index (κ1) is 20.1. The van der Waals surface area contributed by atoms with E-state index in [0.29, 0.717) is 12.1 Å². The van der Waals surface area contributed by atoms with E-state index in [-0.39, 0.29) is 16.6 Å². The molecule has 0 N–H and O–H groups in total. The van der Waals surface area contributed by atoms with E-state index in [2.05, 4.69) is 0 Å². The molecule has 0 fully saturated rings. The van der Waals surface area contributed by atoms with Crippen LogP contribution in [0, 0.1) is 0 Å². The molecule has 0 heterocycles. The predicted octanol–water partition coefficient (Wildman–Crippen LogP) is 3.02. The van der Waals surface area contributed by atoms with Crippen molar-refractivity contribution >= 4 is 33.2 Å². The van der Waals surface area contributed by atoms with Gasteiger partial charge in [-0.05, 0) is 35.9 Å². The zero-order valence-electron chi connectivity index (χ0n) is 15.1. The third kappa shape index (κ3) is 4.68. The normalized spacial score (nSPS) is 11.1. The molecule has 26 heavy (non-hydrogen) atoms. The highest BCUT2D eigenvalue weighted by Gasteiger charge is 2.19. The first-order chi connectivity index (χ1) is 12.1. The summed E-state index contributed by atoms with van der Waals surface area (Å²) in [7, 11) is 1.19. The Labute approximate surface area is 159 Å². The maximum Gasteiger partial charge on any atom is 0.253 e. The molecular formula is C18H21ClN2O4S. The third-order valence-electron chi connectivity index (χ3n) is 3.96. The summed E-state index contributed by atoms with van der Waals surface area (Å²) in [5, 5.41) is 0.257. The molecule has 2 rings (SSSR count). The minimum absolute atomic E-state index is 0.236. The molecule has 2 aromatic rings. The molecule has 0 aromatic heterocycles. The van der Waals surface area contributed by atoms with Crippen LogP contribution < -0.4 is 9.04 Å². The second-order valence-electron chi connectivity index (χ2n) is 5.91. The molecule has 0 unspecified atom stereocenters. The van der Waals surface area contributed by atoms with Crippen molar-refractivity contribution in [2.45, 2.75) is 6.54 Å². The number of anilines is 1. The Balaban J connectivity index is 2.22. The fraction of sp³-hybridized carbons (Fsp3) is 0.278. The van der Waals surface area contributed by atoms with E-state index >= 15 is 0 Å². The van der Waals surface area contributed by atoms with Crippen LogP contribution in [0.25, 0.3) is 0 Å². The summed E-state index contributed by atoms with van der Waals surface area (Å²) >= 11 is 6.10. The van der Waals surface area contributed by atoms with Crippen molar-refractivity contribution in [3.8, 4) is 5.75 Å². The molecule has 8 heteroatoms. The van der Waals surface area contributed by atoms with Gasteiger partial charge in [0.15, 0.2) is 0 Å². The third-order valence-corrected chi connectivity index (χ3v) is 5.47. The Hall–Kier alpha value is -2.25. The first-order valence-electron chi connectivity index (χ1n) is 7.75. The smallest absolute Gasteiger partial charge is 0.253 e. The molecule has 140 valence electrons. The monoisotopic (exact) mass is 396 g/mol. The van der Waals surface area contributed by atoms with Crippen LogP contribution in [0.2, 0.25) is 5.02 Å². The lowest BCUT2D eigenvalue weighted by molar-refractivity contribution is 0.0785. The van der Waals surface area contributed by atoms with Crippen LogP contribution in [0.15, 0.2) is 42.5 Å². The number of amides is 1. The number of hydrogen-bond acceptors (Lipinski definition) is 4. The number of carbonyl (C=O) groups is 1. The van der Waals surface area contributed by atoms with Gasteiger partial charge in [-0.1, -0.05) is 23.7 Å². The summed E-state index contributed by atoms with van der Waals surface area (Å²) in [5.41, 5.74) is 1.57. The molecule has 0 saturated heterocycles. The second kappa shape index (κ2) is 7.97. The largest absolute Gasteiger partial charge is 0.497 e. The van der Waals surface area contributed by atoms with E-state index in [1.165, 1.54) is 19.2 Å². The van der Waals surface area contributed by atoms with Gasteiger partial charge in [-0.2, -0.15) is 0 Å². The minimum Gasteiger partial charge on any atom is -0.497 e. The molecule has 1 amide bonds. The zero-order valence-corrected chi connectivity index (χ0v) is 16.6. The van der Waals surface area contributed by atoms with Crippen LogP contribution in [-0.4, -0.2) is 46.7 Å². The van der Waals surface area contributed by atoms with E-state index in [0.717, 1.165) is 21.9 Å². The minimum atomic E-state index is -3.48. The van der Waals surface area contributed by atoms with Crippen LogP contribution in [0.1, 0.15) is 15.9 Å². The predicted molar refractivity (Wildman–Crippen MR) is 103 cm³/mol. The highest BCUT2D eigenvalue weighted by Crippen LogP contribution is 2.28. The number of rotatable bonds is 6. The van der Waals surface area contributed by atoms with Crippen LogP contribution in [0.4, 0.5) is 5.69 Å². The van der Waals surface area contributed by atoms with E-state index in [1.807, 2.05) is 24.3 Å². The van der Waals surface area contributed by atoms with Gasteiger partial charge in [0, 0.05) is 26.2 Å². The average Bonchev–Trinajstić information content (AvgIpc) is 2.60. The van der Waals surface area contributed by atoms with E-state index < -0.39 is 10.0 Å². The van der Waals surface area contributed by atoms with Crippen molar-refractivity contribution < 1.29 is 17.9 Å². The first-order valence-corrected chi connectivity index (χ1v) is 9.98. The number of sulfonamides is 1. The fourth-order valence-electron chi connectivity index (χ4n) is 2.36. The lowest BCUT2D eigenvalue weighted by atomic mass is 10.1. The van der Waals surface area contributed by atoms with Crippen molar-refractivity contribution in [1.82, 2.24) is 4.90 Å². The Morgan fingerprint density at radius 3 is 2.27 bits per heavy atom. The van der Waals surface area contributed by atoms with Gasteiger partial charge in [0.2, 0.25) is 10.0 Å². The molecule has 6 nitrogen and oxygen atoms in total. The number of benzene rings is 2. The Kier molecular flexibility index (Phi) is 6.15. The summed E-state index contributed by atoms with van der Waals surface area (Å²) in [5.74, 6) is 0.509. The molecule has 0 radical (unpaired) electrons. The standard InChI is InChI=1S/C18H21ClN2O4S/c1-20(12-13-5-8-15(25-3)9-6-13)18(22)14-7-10-16(19)17(11-14)21(2)26(4,23)24/h5-11H,12H2,1-4H3. The van der Waals surface area contributed by atoms with E-state index in [1.54, 1.807) is 25.1 Å². The molecule has 0 aliphatic heterocycles. The molecular weight excluding hydrogens is 376 g/mol. The average molecular weight is 397 g/mol. The number of halogens is 1. The molecule has 2 aromatic carbocycles. The molecule has 0 atom stereocenters. The number of methoxy groups -OCH3 is 1. The Morgan fingerprint density at radius 1 is 1.12 bits per heavy atom. The molecule has 0 saturated carbocycles. The van der Waals surface area contributed by atoms with Crippen LogP contribution >= 0.6 is 11.6 Å². The number of nitrogens with zero attached hydrogens (tertiary/aromatic N) is 2. The highest BCUT2D eigenvalue weighted by molar-refractivity contribution is 7.92. The second-order valence-corrected chi connectivity index (χ2v) is 8.33. The SMILES string of the molecule is COc1ccc(CN(C)C(=O)c2ccc(Cl)c(N(C)S(C)(=O)=O)c2)cc1. The molecule has 0 spiro atoms. The van der Waals surface area contributed by atoms with Crippen molar-refractivity contribution in [2.24, 2.45) is 0 Å². The molecule has 0 aliphatic rings. The summed E-state index contributed by atoms with van der Waals surface area (Å²) in [6.45, 7) is 0.405. The lowest BCUT2D eigenvalue weighted by Crippen LogP contribution is -2.28. The van der Waals surface area contributed by atoms with Gasteiger partial charge in [0.1, 0.15) is 5.75 Å². The number of carbonyl (C=O) groups excluding carboxylic acids is 1. The van der Waals surface area contributed by atoms with Gasteiger partial charge in [-0.3, -0.25) is 9.10 Å².